The molecule has 1 aliphatic carbocycles. The molecule has 0 aromatic heterocycles. The number of oxime groups is 1. The standard InChI is InChI=1S/C10H17F2N3O2/c1-6-3-10(4-6,8(13)14-17)9(16)15(2)5-7(11)12/h6-7,17H,3-5H2,1-2H3,(H2,13,14). The van der Waals surface area contributed by atoms with Gasteiger partial charge < -0.3 is 15.8 Å². The summed E-state index contributed by atoms with van der Waals surface area (Å²) in [5.74, 6) is -0.438. The summed E-state index contributed by atoms with van der Waals surface area (Å²) in [6.07, 6.45) is -1.74. The number of amidine groups is 1. The number of hydrogen-bond acceptors (Lipinski definition) is 3. The fourth-order valence-electron chi connectivity index (χ4n) is 2.37. The van der Waals surface area contributed by atoms with Crippen molar-refractivity contribution in [2.45, 2.75) is 26.2 Å². The molecule has 7 heteroatoms. The topological polar surface area (TPSA) is 78.9 Å². The van der Waals surface area contributed by atoms with Gasteiger partial charge in [-0.25, -0.2) is 8.78 Å². The first kappa shape index (κ1) is 13.7. The van der Waals surface area contributed by atoms with Crippen molar-refractivity contribution in [3.05, 3.63) is 0 Å². The first-order chi connectivity index (χ1) is 7.83. The molecule has 1 saturated carbocycles. The van der Waals surface area contributed by atoms with E-state index >= 15 is 0 Å². The molecule has 0 radical (unpaired) electrons. The molecule has 1 aliphatic rings. The van der Waals surface area contributed by atoms with Crippen LogP contribution < -0.4 is 5.73 Å². The molecular weight excluding hydrogens is 232 g/mol. The fraction of sp³-hybridized carbons (Fsp3) is 0.800. The van der Waals surface area contributed by atoms with Crippen LogP contribution in [0.2, 0.25) is 0 Å². The molecule has 0 aromatic rings. The third kappa shape index (κ3) is 2.48. The van der Waals surface area contributed by atoms with Crippen molar-refractivity contribution >= 4 is 11.7 Å². The molecule has 0 atom stereocenters. The van der Waals surface area contributed by atoms with Crippen molar-refractivity contribution in [3.8, 4) is 0 Å². The zero-order chi connectivity index (χ0) is 13.2. The molecule has 17 heavy (non-hydrogen) atoms. The number of nitrogens with zero attached hydrogens (tertiary/aromatic N) is 2. The molecule has 0 aliphatic heterocycles. The maximum absolute atomic E-state index is 12.2. The van der Waals surface area contributed by atoms with Crippen molar-refractivity contribution in [1.29, 1.82) is 0 Å². The highest BCUT2D eigenvalue weighted by Gasteiger charge is 2.53. The van der Waals surface area contributed by atoms with Crippen molar-refractivity contribution in [1.82, 2.24) is 4.90 Å². The second-order valence-corrected chi connectivity index (χ2v) is 4.66. The van der Waals surface area contributed by atoms with E-state index in [-0.39, 0.29) is 11.8 Å². The summed E-state index contributed by atoms with van der Waals surface area (Å²) in [6, 6.07) is 0. The van der Waals surface area contributed by atoms with Crippen LogP contribution in [0, 0.1) is 11.3 Å². The van der Waals surface area contributed by atoms with Crippen LogP contribution in [-0.4, -0.2) is 41.9 Å². The minimum Gasteiger partial charge on any atom is -0.409 e. The lowest BCUT2D eigenvalue weighted by Gasteiger charge is -2.45. The van der Waals surface area contributed by atoms with E-state index in [1.807, 2.05) is 6.92 Å². The number of carbonyl (C=O) groups excluding carboxylic acids is 1. The summed E-state index contributed by atoms with van der Waals surface area (Å²) in [6.45, 7) is 1.27. The predicted molar refractivity (Wildman–Crippen MR) is 57.9 cm³/mol. The number of alkyl halides is 2. The minimum absolute atomic E-state index is 0.193. The lowest BCUT2D eigenvalue weighted by molar-refractivity contribution is -0.144. The normalized spacial score (nSPS) is 29.0. The van der Waals surface area contributed by atoms with E-state index in [1.54, 1.807) is 0 Å². The van der Waals surface area contributed by atoms with Crippen LogP contribution in [0.3, 0.4) is 0 Å². The van der Waals surface area contributed by atoms with Crippen LogP contribution >= 0.6 is 0 Å². The largest absolute Gasteiger partial charge is 0.409 e. The van der Waals surface area contributed by atoms with E-state index in [9.17, 15) is 13.6 Å². The molecule has 0 spiro atoms. The summed E-state index contributed by atoms with van der Waals surface area (Å²) >= 11 is 0. The van der Waals surface area contributed by atoms with Gasteiger partial charge in [-0.2, -0.15) is 0 Å². The van der Waals surface area contributed by atoms with Gasteiger partial charge in [-0.3, -0.25) is 4.79 Å². The quantitative estimate of drug-likeness (QED) is 0.336. The number of amides is 1. The van der Waals surface area contributed by atoms with Crippen LogP contribution in [0.15, 0.2) is 5.16 Å². The highest BCUT2D eigenvalue weighted by molar-refractivity contribution is 6.07. The molecule has 1 rings (SSSR count). The number of hydrogen-bond donors (Lipinski definition) is 2. The molecule has 1 amide bonds. The molecule has 0 aromatic carbocycles. The van der Waals surface area contributed by atoms with E-state index in [4.69, 9.17) is 10.9 Å². The van der Waals surface area contributed by atoms with Crippen LogP contribution in [0.5, 0.6) is 0 Å². The van der Waals surface area contributed by atoms with E-state index in [0.29, 0.717) is 12.8 Å². The lowest BCUT2D eigenvalue weighted by atomic mass is 9.61. The van der Waals surface area contributed by atoms with Crippen molar-refractivity contribution < 1.29 is 18.8 Å². The molecule has 0 heterocycles. The lowest BCUT2D eigenvalue weighted by Crippen LogP contribution is -2.57. The summed E-state index contributed by atoms with van der Waals surface area (Å²) in [7, 11) is 1.30. The van der Waals surface area contributed by atoms with Gasteiger partial charge in [-0.1, -0.05) is 12.1 Å². The molecule has 0 unspecified atom stereocenters. The van der Waals surface area contributed by atoms with Gasteiger partial charge in [0, 0.05) is 7.05 Å². The Balaban J connectivity index is 2.83. The van der Waals surface area contributed by atoms with Crippen LogP contribution in [0.4, 0.5) is 8.78 Å². The molecule has 98 valence electrons. The fourth-order valence-corrected chi connectivity index (χ4v) is 2.37. The molecule has 0 bridgehead atoms. The first-order valence-electron chi connectivity index (χ1n) is 5.35. The summed E-state index contributed by atoms with van der Waals surface area (Å²) < 4.78 is 24.4. The van der Waals surface area contributed by atoms with Gasteiger partial charge in [-0.05, 0) is 18.8 Å². The molecule has 3 N–H and O–H groups in total. The van der Waals surface area contributed by atoms with Crippen molar-refractivity contribution in [3.63, 3.8) is 0 Å². The summed E-state index contributed by atoms with van der Waals surface area (Å²) in [5, 5.41) is 11.5. The van der Waals surface area contributed by atoms with E-state index in [0.717, 1.165) is 4.90 Å². The van der Waals surface area contributed by atoms with E-state index in [2.05, 4.69) is 5.16 Å². The maximum Gasteiger partial charge on any atom is 0.255 e. The molecule has 1 fully saturated rings. The van der Waals surface area contributed by atoms with Crippen LogP contribution in [-0.2, 0) is 4.79 Å². The number of rotatable bonds is 4. The van der Waals surface area contributed by atoms with E-state index < -0.39 is 24.3 Å². The average Bonchev–Trinajstić information content (AvgIpc) is 2.21. The zero-order valence-electron chi connectivity index (χ0n) is 9.86. The van der Waals surface area contributed by atoms with Gasteiger partial charge in [0.25, 0.3) is 6.43 Å². The van der Waals surface area contributed by atoms with Gasteiger partial charge in [0.1, 0.15) is 5.41 Å². The number of carbonyl (C=O) groups is 1. The number of nitrogens with two attached hydrogens (primary N) is 1. The highest BCUT2D eigenvalue weighted by atomic mass is 19.3. The van der Waals surface area contributed by atoms with Crippen molar-refractivity contribution in [2.24, 2.45) is 22.2 Å². The Bertz CT molecular complexity index is 328. The monoisotopic (exact) mass is 249 g/mol. The average molecular weight is 249 g/mol. The minimum atomic E-state index is -2.59. The Labute approximate surface area is 98.3 Å². The molecule has 0 saturated heterocycles. The Hall–Kier alpha value is -1.40. The molecular formula is C10H17F2N3O2. The zero-order valence-corrected chi connectivity index (χ0v) is 9.86. The second kappa shape index (κ2) is 4.85. The second-order valence-electron chi connectivity index (χ2n) is 4.66. The highest BCUT2D eigenvalue weighted by Crippen LogP contribution is 2.46. The van der Waals surface area contributed by atoms with E-state index in [1.165, 1.54) is 7.05 Å². The third-order valence-electron chi connectivity index (χ3n) is 3.16. The maximum atomic E-state index is 12.2. The Morgan fingerprint density at radius 1 is 1.65 bits per heavy atom. The van der Waals surface area contributed by atoms with Crippen LogP contribution in [0.25, 0.3) is 0 Å². The van der Waals surface area contributed by atoms with Gasteiger partial charge >= 0.3 is 0 Å². The smallest absolute Gasteiger partial charge is 0.255 e. The van der Waals surface area contributed by atoms with Gasteiger partial charge in [0.2, 0.25) is 5.91 Å². The third-order valence-corrected chi connectivity index (χ3v) is 3.16. The summed E-state index contributed by atoms with van der Waals surface area (Å²) in [4.78, 5) is 13.0. The Kier molecular flexibility index (Phi) is 3.90. The first-order valence-corrected chi connectivity index (χ1v) is 5.35. The predicted octanol–water partition coefficient (Wildman–Crippen LogP) is 0.873. The molecule has 5 nitrogen and oxygen atoms in total. The Morgan fingerprint density at radius 3 is 2.53 bits per heavy atom. The SMILES string of the molecule is CC1CC(C(=O)N(C)CC(F)F)(C(N)=NO)C1. The van der Waals surface area contributed by atoms with Gasteiger partial charge in [-0.15, -0.1) is 0 Å². The van der Waals surface area contributed by atoms with Gasteiger partial charge in [0.15, 0.2) is 5.84 Å². The number of halogens is 2. The van der Waals surface area contributed by atoms with Gasteiger partial charge in [0.05, 0.1) is 6.54 Å². The van der Waals surface area contributed by atoms with Crippen LogP contribution in [0.1, 0.15) is 19.8 Å². The Morgan fingerprint density at radius 2 is 2.18 bits per heavy atom. The summed E-state index contributed by atoms with van der Waals surface area (Å²) in [5.41, 5.74) is 4.41. The van der Waals surface area contributed by atoms with Crippen molar-refractivity contribution in [2.75, 3.05) is 13.6 Å².